The molecule has 1 fully saturated rings. The minimum absolute atomic E-state index is 0.261. The first kappa shape index (κ1) is 21.0. The van der Waals surface area contributed by atoms with Crippen LogP contribution in [0.15, 0.2) is 54.2 Å². The van der Waals surface area contributed by atoms with Crippen LogP contribution in [-0.4, -0.2) is 27.9 Å². The fraction of sp³-hybridized carbons (Fsp3) is 0.136. The molecule has 1 aliphatic heterocycles. The molecule has 1 N–H and O–H groups in total. The predicted molar refractivity (Wildman–Crippen MR) is 122 cm³/mol. The first-order chi connectivity index (χ1) is 14.9. The van der Waals surface area contributed by atoms with Gasteiger partial charge in [-0.2, -0.15) is 5.10 Å². The number of amides is 1. The maximum Gasteiger partial charge on any atom is 0.281 e. The number of carbonyl (C=O) groups is 1. The SMILES string of the molecule is COc1cccc(N2C(=O)C(=Cc3c(C)nn(Cc4ccc(F)cc4)c3Cl)NC2=S)c1. The fourth-order valence-electron chi connectivity index (χ4n) is 3.26. The molecular formula is C22H18ClFN4O2S. The molecule has 1 aromatic heterocycles. The van der Waals surface area contributed by atoms with Gasteiger partial charge in [0.25, 0.3) is 5.91 Å². The largest absolute Gasteiger partial charge is 0.497 e. The average molecular weight is 457 g/mol. The average Bonchev–Trinajstić information content (AvgIpc) is 3.19. The third kappa shape index (κ3) is 4.17. The minimum atomic E-state index is -0.306. The van der Waals surface area contributed by atoms with Gasteiger partial charge in [0, 0.05) is 11.6 Å². The van der Waals surface area contributed by atoms with Crippen LogP contribution >= 0.6 is 23.8 Å². The zero-order chi connectivity index (χ0) is 22.1. The van der Waals surface area contributed by atoms with E-state index in [1.165, 1.54) is 17.0 Å². The molecule has 0 bridgehead atoms. The number of anilines is 1. The molecule has 1 amide bonds. The molecule has 2 aromatic carbocycles. The Kier molecular flexibility index (Phi) is 5.75. The van der Waals surface area contributed by atoms with Gasteiger partial charge in [-0.05, 0) is 55.0 Å². The van der Waals surface area contributed by atoms with E-state index < -0.39 is 0 Å². The third-order valence-corrected chi connectivity index (χ3v) is 5.52. The van der Waals surface area contributed by atoms with Gasteiger partial charge in [0.15, 0.2) is 5.11 Å². The van der Waals surface area contributed by atoms with Crippen molar-refractivity contribution < 1.29 is 13.9 Å². The summed E-state index contributed by atoms with van der Waals surface area (Å²) in [5, 5.41) is 8.04. The highest BCUT2D eigenvalue weighted by molar-refractivity contribution is 7.80. The molecule has 0 aliphatic carbocycles. The molecule has 31 heavy (non-hydrogen) atoms. The lowest BCUT2D eigenvalue weighted by Crippen LogP contribution is -2.30. The van der Waals surface area contributed by atoms with E-state index in [1.807, 2.05) is 0 Å². The van der Waals surface area contributed by atoms with Crippen LogP contribution in [0.3, 0.4) is 0 Å². The Balaban J connectivity index is 1.62. The maximum absolute atomic E-state index is 13.1. The van der Waals surface area contributed by atoms with E-state index >= 15 is 0 Å². The Hall–Kier alpha value is -3.23. The Morgan fingerprint density at radius 2 is 2.00 bits per heavy atom. The van der Waals surface area contributed by atoms with Crippen LogP contribution in [0.4, 0.5) is 10.1 Å². The number of aryl methyl sites for hydroxylation is 1. The van der Waals surface area contributed by atoms with E-state index in [-0.39, 0.29) is 16.8 Å². The van der Waals surface area contributed by atoms with E-state index in [1.54, 1.807) is 61.2 Å². The summed E-state index contributed by atoms with van der Waals surface area (Å²) in [5.74, 6) is 0.00536. The molecular weight excluding hydrogens is 439 g/mol. The second kappa shape index (κ2) is 8.49. The van der Waals surface area contributed by atoms with Crippen LogP contribution in [0.1, 0.15) is 16.8 Å². The van der Waals surface area contributed by atoms with Crippen LogP contribution in [0, 0.1) is 12.7 Å². The Morgan fingerprint density at radius 1 is 1.26 bits per heavy atom. The van der Waals surface area contributed by atoms with Crippen molar-refractivity contribution in [3.63, 3.8) is 0 Å². The Labute approximate surface area is 188 Å². The summed E-state index contributed by atoms with van der Waals surface area (Å²) >= 11 is 11.9. The second-order valence-electron chi connectivity index (χ2n) is 6.90. The lowest BCUT2D eigenvalue weighted by Gasteiger charge is -2.14. The van der Waals surface area contributed by atoms with Crippen molar-refractivity contribution >= 4 is 46.6 Å². The molecule has 0 radical (unpaired) electrons. The molecule has 1 saturated heterocycles. The van der Waals surface area contributed by atoms with Gasteiger partial charge in [0.2, 0.25) is 0 Å². The third-order valence-electron chi connectivity index (χ3n) is 4.83. The highest BCUT2D eigenvalue weighted by atomic mass is 35.5. The monoisotopic (exact) mass is 456 g/mol. The van der Waals surface area contributed by atoms with Crippen molar-refractivity contribution in [2.75, 3.05) is 12.0 Å². The molecule has 3 aromatic rings. The normalized spacial score (nSPS) is 15.0. The van der Waals surface area contributed by atoms with Crippen LogP contribution < -0.4 is 15.0 Å². The molecule has 6 nitrogen and oxygen atoms in total. The fourth-order valence-corrected chi connectivity index (χ4v) is 3.85. The first-order valence-electron chi connectivity index (χ1n) is 9.36. The standard InChI is InChI=1S/C22H18ClFN4O2S/c1-13-18(20(23)27(26-13)12-14-6-8-15(24)9-7-14)11-19-21(29)28(22(31)25-19)16-4-3-5-17(10-16)30-2/h3-11H,12H2,1-2H3,(H,25,31). The molecule has 0 atom stereocenters. The highest BCUT2D eigenvalue weighted by Gasteiger charge is 2.32. The summed E-state index contributed by atoms with van der Waals surface area (Å²) in [7, 11) is 1.56. The summed E-state index contributed by atoms with van der Waals surface area (Å²) in [6.45, 7) is 2.18. The van der Waals surface area contributed by atoms with Crippen molar-refractivity contribution in [2.45, 2.75) is 13.5 Å². The summed E-state index contributed by atoms with van der Waals surface area (Å²) in [6.07, 6.45) is 1.64. The Morgan fingerprint density at radius 3 is 2.71 bits per heavy atom. The topological polar surface area (TPSA) is 59.4 Å². The van der Waals surface area contributed by atoms with Gasteiger partial charge in [-0.25, -0.2) is 9.07 Å². The molecule has 9 heteroatoms. The number of carbonyl (C=O) groups excluding carboxylic acids is 1. The number of ether oxygens (including phenoxy) is 1. The number of rotatable bonds is 5. The summed E-state index contributed by atoms with van der Waals surface area (Å²) < 4.78 is 20.0. The summed E-state index contributed by atoms with van der Waals surface area (Å²) in [6, 6.07) is 13.2. The number of nitrogens with one attached hydrogen (secondary N) is 1. The predicted octanol–water partition coefficient (Wildman–Crippen LogP) is 4.30. The van der Waals surface area contributed by atoms with Crippen molar-refractivity contribution in [2.24, 2.45) is 0 Å². The van der Waals surface area contributed by atoms with E-state index in [9.17, 15) is 9.18 Å². The molecule has 158 valence electrons. The van der Waals surface area contributed by atoms with Gasteiger partial charge in [0.05, 0.1) is 25.0 Å². The number of hydrogen-bond acceptors (Lipinski definition) is 4. The van der Waals surface area contributed by atoms with Crippen LogP contribution in [-0.2, 0) is 11.3 Å². The van der Waals surface area contributed by atoms with Gasteiger partial charge < -0.3 is 10.1 Å². The van der Waals surface area contributed by atoms with Crippen molar-refractivity contribution in [1.82, 2.24) is 15.1 Å². The number of methoxy groups -OCH3 is 1. The van der Waals surface area contributed by atoms with Gasteiger partial charge in [-0.15, -0.1) is 0 Å². The van der Waals surface area contributed by atoms with E-state index in [0.29, 0.717) is 40.1 Å². The van der Waals surface area contributed by atoms with Crippen molar-refractivity contribution in [3.8, 4) is 5.75 Å². The van der Waals surface area contributed by atoms with Crippen molar-refractivity contribution in [3.05, 3.63) is 82.0 Å². The highest BCUT2D eigenvalue weighted by Crippen LogP contribution is 2.28. The summed E-state index contributed by atoms with van der Waals surface area (Å²) in [4.78, 5) is 14.4. The molecule has 0 unspecified atom stereocenters. The van der Waals surface area contributed by atoms with E-state index in [0.717, 1.165) is 5.56 Å². The first-order valence-corrected chi connectivity index (χ1v) is 10.1. The number of thiocarbonyl (C=S) groups is 1. The van der Waals surface area contributed by atoms with Crippen LogP contribution in [0.5, 0.6) is 5.75 Å². The lowest BCUT2D eigenvalue weighted by molar-refractivity contribution is -0.113. The molecule has 4 rings (SSSR count). The smallest absolute Gasteiger partial charge is 0.281 e. The van der Waals surface area contributed by atoms with Gasteiger partial charge in [-0.3, -0.25) is 9.69 Å². The number of aromatic nitrogens is 2. The zero-order valence-electron chi connectivity index (χ0n) is 16.7. The van der Waals surface area contributed by atoms with Crippen LogP contribution in [0.25, 0.3) is 6.08 Å². The number of hydrogen-bond donors (Lipinski definition) is 1. The van der Waals surface area contributed by atoms with Crippen LogP contribution in [0.2, 0.25) is 5.15 Å². The number of benzene rings is 2. The molecule has 0 spiro atoms. The van der Waals surface area contributed by atoms with Gasteiger partial charge >= 0.3 is 0 Å². The lowest BCUT2D eigenvalue weighted by atomic mass is 10.2. The summed E-state index contributed by atoms with van der Waals surface area (Å²) in [5.41, 5.74) is 3.00. The maximum atomic E-state index is 13.1. The zero-order valence-corrected chi connectivity index (χ0v) is 18.3. The minimum Gasteiger partial charge on any atom is -0.497 e. The second-order valence-corrected chi connectivity index (χ2v) is 7.65. The van der Waals surface area contributed by atoms with Crippen molar-refractivity contribution in [1.29, 1.82) is 0 Å². The quantitative estimate of drug-likeness (QED) is 0.458. The molecule has 0 saturated carbocycles. The van der Waals surface area contributed by atoms with Gasteiger partial charge in [0.1, 0.15) is 22.4 Å². The van der Waals surface area contributed by atoms with E-state index in [4.69, 9.17) is 28.6 Å². The number of nitrogens with zero attached hydrogens (tertiary/aromatic N) is 3. The van der Waals surface area contributed by atoms with E-state index in [2.05, 4.69) is 10.4 Å². The number of halogens is 2. The Bertz CT molecular complexity index is 1210. The molecule has 2 heterocycles. The molecule has 1 aliphatic rings. The van der Waals surface area contributed by atoms with Gasteiger partial charge in [-0.1, -0.05) is 29.8 Å².